The highest BCUT2D eigenvalue weighted by molar-refractivity contribution is 5.34. The molecular formula is C12H16N2. The lowest BCUT2D eigenvalue weighted by molar-refractivity contribution is 0.537. The van der Waals surface area contributed by atoms with Crippen LogP contribution in [0.5, 0.6) is 0 Å². The largest absolute Gasteiger partial charge is 0.310 e. The minimum absolute atomic E-state index is 0.369. The molecule has 0 spiro atoms. The Morgan fingerprint density at radius 3 is 2.79 bits per heavy atom. The number of rotatable bonds is 4. The second-order valence-electron chi connectivity index (χ2n) is 3.26. The molecule has 0 radical (unpaired) electrons. The molecule has 1 N–H and O–H groups in total. The Kier molecular flexibility index (Phi) is 4.15. The quantitative estimate of drug-likeness (QED) is 0.788. The van der Waals surface area contributed by atoms with Gasteiger partial charge in [0, 0.05) is 6.04 Å². The molecule has 0 fully saturated rings. The summed E-state index contributed by atoms with van der Waals surface area (Å²) < 4.78 is 0. The molecule has 1 aromatic carbocycles. The Hall–Kier alpha value is -1.33. The maximum absolute atomic E-state index is 8.78. The van der Waals surface area contributed by atoms with Crippen molar-refractivity contribution in [2.24, 2.45) is 0 Å². The Bertz CT molecular complexity index is 325. The first-order valence-electron chi connectivity index (χ1n) is 5.05. The molecule has 0 amide bonds. The minimum Gasteiger partial charge on any atom is -0.310 e. The maximum Gasteiger partial charge on any atom is 0.0991 e. The molecule has 0 saturated heterocycles. The number of hydrogen-bond acceptors (Lipinski definition) is 2. The van der Waals surface area contributed by atoms with Gasteiger partial charge in [-0.15, -0.1) is 0 Å². The van der Waals surface area contributed by atoms with E-state index in [0.29, 0.717) is 6.04 Å². The van der Waals surface area contributed by atoms with Gasteiger partial charge in [-0.25, -0.2) is 0 Å². The first kappa shape index (κ1) is 10.7. The third-order valence-electron chi connectivity index (χ3n) is 2.28. The van der Waals surface area contributed by atoms with Crippen LogP contribution in [0.25, 0.3) is 0 Å². The average molecular weight is 188 g/mol. The van der Waals surface area contributed by atoms with E-state index in [0.717, 1.165) is 18.5 Å². The molecule has 0 aliphatic heterocycles. The van der Waals surface area contributed by atoms with Crippen molar-refractivity contribution in [2.75, 3.05) is 6.54 Å². The van der Waals surface area contributed by atoms with E-state index in [1.807, 2.05) is 18.2 Å². The van der Waals surface area contributed by atoms with Crippen LogP contribution in [0.1, 0.15) is 37.4 Å². The van der Waals surface area contributed by atoms with Gasteiger partial charge in [-0.3, -0.25) is 0 Å². The second-order valence-corrected chi connectivity index (χ2v) is 3.26. The molecule has 74 valence electrons. The van der Waals surface area contributed by atoms with Crippen LogP contribution < -0.4 is 5.32 Å². The van der Waals surface area contributed by atoms with Gasteiger partial charge in [0.1, 0.15) is 0 Å². The van der Waals surface area contributed by atoms with Gasteiger partial charge < -0.3 is 5.32 Å². The van der Waals surface area contributed by atoms with Gasteiger partial charge in [0.15, 0.2) is 0 Å². The molecule has 1 unspecified atom stereocenters. The molecule has 0 saturated carbocycles. The molecule has 1 aromatic rings. The summed E-state index contributed by atoms with van der Waals surface area (Å²) in [7, 11) is 0. The van der Waals surface area contributed by atoms with Gasteiger partial charge in [-0.05, 0) is 30.7 Å². The molecule has 0 aliphatic carbocycles. The molecule has 0 bridgehead atoms. The van der Waals surface area contributed by atoms with Crippen LogP contribution in [0.3, 0.4) is 0 Å². The lowest BCUT2D eigenvalue weighted by atomic mass is 10.0. The predicted octanol–water partition coefficient (Wildman–Crippen LogP) is 2.62. The van der Waals surface area contributed by atoms with Crippen LogP contribution in [0.4, 0.5) is 0 Å². The number of hydrogen-bond donors (Lipinski definition) is 1. The predicted molar refractivity (Wildman–Crippen MR) is 57.9 cm³/mol. The maximum atomic E-state index is 8.78. The second kappa shape index (κ2) is 5.41. The molecule has 2 nitrogen and oxygen atoms in total. The fourth-order valence-electron chi connectivity index (χ4n) is 1.57. The molecule has 1 atom stereocenters. The number of benzene rings is 1. The van der Waals surface area contributed by atoms with Crippen LogP contribution in [0.15, 0.2) is 24.3 Å². The van der Waals surface area contributed by atoms with Crippen molar-refractivity contribution in [3.8, 4) is 6.07 Å². The van der Waals surface area contributed by atoms with Crippen LogP contribution in [0, 0.1) is 11.3 Å². The molecule has 14 heavy (non-hydrogen) atoms. The summed E-state index contributed by atoms with van der Waals surface area (Å²) in [6, 6.07) is 10.3. The Morgan fingerprint density at radius 2 is 2.21 bits per heavy atom. The summed E-state index contributed by atoms with van der Waals surface area (Å²) in [5.74, 6) is 0. The Morgan fingerprint density at radius 1 is 1.43 bits per heavy atom. The number of nitrogens with zero attached hydrogens (tertiary/aromatic N) is 1. The Balaban J connectivity index is 2.87. The van der Waals surface area contributed by atoms with Gasteiger partial charge in [0.25, 0.3) is 0 Å². The summed E-state index contributed by atoms with van der Waals surface area (Å²) >= 11 is 0. The highest BCUT2D eigenvalue weighted by Crippen LogP contribution is 2.17. The monoisotopic (exact) mass is 188 g/mol. The fraction of sp³-hybridized carbons (Fsp3) is 0.417. The number of nitriles is 1. The van der Waals surface area contributed by atoms with Crippen molar-refractivity contribution < 1.29 is 0 Å². The van der Waals surface area contributed by atoms with E-state index < -0.39 is 0 Å². The minimum atomic E-state index is 0.369. The summed E-state index contributed by atoms with van der Waals surface area (Å²) in [6.45, 7) is 5.19. The van der Waals surface area contributed by atoms with Gasteiger partial charge >= 0.3 is 0 Å². The van der Waals surface area contributed by atoms with Gasteiger partial charge in [-0.2, -0.15) is 5.26 Å². The molecular weight excluding hydrogens is 172 g/mol. The van der Waals surface area contributed by atoms with E-state index in [-0.39, 0.29) is 0 Å². The SMILES string of the molecule is CCNC(CC)c1cccc(C#N)c1. The van der Waals surface area contributed by atoms with Crippen molar-refractivity contribution >= 4 is 0 Å². The summed E-state index contributed by atoms with van der Waals surface area (Å²) in [6.07, 6.45) is 1.04. The zero-order chi connectivity index (χ0) is 10.4. The van der Waals surface area contributed by atoms with E-state index in [1.165, 1.54) is 5.56 Å². The van der Waals surface area contributed by atoms with Crippen molar-refractivity contribution in [1.29, 1.82) is 5.26 Å². The van der Waals surface area contributed by atoms with Gasteiger partial charge in [0.2, 0.25) is 0 Å². The summed E-state index contributed by atoms with van der Waals surface area (Å²) in [4.78, 5) is 0. The lowest BCUT2D eigenvalue weighted by Crippen LogP contribution is -2.19. The van der Waals surface area contributed by atoms with Crippen molar-refractivity contribution in [2.45, 2.75) is 26.3 Å². The zero-order valence-corrected chi connectivity index (χ0v) is 8.75. The first-order chi connectivity index (χ1) is 6.81. The fourth-order valence-corrected chi connectivity index (χ4v) is 1.57. The highest BCUT2D eigenvalue weighted by Gasteiger charge is 2.07. The smallest absolute Gasteiger partial charge is 0.0991 e. The third kappa shape index (κ3) is 2.58. The van der Waals surface area contributed by atoms with Gasteiger partial charge in [0.05, 0.1) is 11.6 Å². The van der Waals surface area contributed by atoms with Gasteiger partial charge in [-0.1, -0.05) is 26.0 Å². The van der Waals surface area contributed by atoms with Crippen molar-refractivity contribution in [3.63, 3.8) is 0 Å². The topological polar surface area (TPSA) is 35.8 Å². The average Bonchev–Trinajstić information content (AvgIpc) is 2.26. The van der Waals surface area contributed by atoms with E-state index >= 15 is 0 Å². The van der Waals surface area contributed by atoms with E-state index in [1.54, 1.807) is 0 Å². The van der Waals surface area contributed by atoms with Crippen LogP contribution >= 0.6 is 0 Å². The summed E-state index contributed by atoms with van der Waals surface area (Å²) in [5, 5.41) is 12.2. The van der Waals surface area contributed by atoms with E-state index in [4.69, 9.17) is 5.26 Å². The molecule has 0 aromatic heterocycles. The summed E-state index contributed by atoms with van der Waals surface area (Å²) in [5.41, 5.74) is 1.94. The molecule has 2 heteroatoms. The molecule has 0 aliphatic rings. The van der Waals surface area contributed by atoms with Crippen LogP contribution in [0.2, 0.25) is 0 Å². The van der Waals surface area contributed by atoms with Crippen molar-refractivity contribution in [3.05, 3.63) is 35.4 Å². The normalized spacial score (nSPS) is 12.1. The van der Waals surface area contributed by atoms with E-state index in [2.05, 4.69) is 31.3 Å². The van der Waals surface area contributed by atoms with Crippen molar-refractivity contribution in [1.82, 2.24) is 5.32 Å². The van der Waals surface area contributed by atoms with E-state index in [9.17, 15) is 0 Å². The molecule has 0 heterocycles. The Labute approximate surface area is 85.6 Å². The first-order valence-corrected chi connectivity index (χ1v) is 5.05. The lowest BCUT2D eigenvalue weighted by Gasteiger charge is -2.16. The molecule has 1 rings (SSSR count). The van der Waals surface area contributed by atoms with Crippen LogP contribution in [-0.4, -0.2) is 6.54 Å². The standard InChI is InChI=1S/C12H16N2/c1-3-12(14-4-2)11-7-5-6-10(8-11)9-13/h5-8,12,14H,3-4H2,1-2H3. The van der Waals surface area contributed by atoms with Crippen LogP contribution in [-0.2, 0) is 0 Å². The zero-order valence-electron chi connectivity index (χ0n) is 8.75. The third-order valence-corrected chi connectivity index (χ3v) is 2.28. The highest BCUT2D eigenvalue weighted by atomic mass is 14.9. The number of nitrogens with one attached hydrogen (secondary N) is 1.